The maximum Gasteiger partial charge on any atom is 0.257 e. The van der Waals surface area contributed by atoms with E-state index in [1.165, 1.54) is 0 Å². The summed E-state index contributed by atoms with van der Waals surface area (Å²) in [5.41, 5.74) is 0.684. The minimum atomic E-state index is 0.0813. The van der Waals surface area contributed by atoms with Crippen molar-refractivity contribution in [3.05, 3.63) is 23.9 Å². The van der Waals surface area contributed by atoms with E-state index in [-0.39, 0.29) is 5.91 Å². The smallest absolute Gasteiger partial charge is 0.257 e. The second-order valence-electron chi connectivity index (χ2n) is 7.22. The summed E-state index contributed by atoms with van der Waals surface area (Å²) in [4.78, 5) is 26.0. The Labute approximate surface area is 146 Å². The van der Waals surface area contributed by atoms with E-state index < -0.39 is 0 Å². The van der Waals surface area contributed by atoms with Gasteiger partial charge >= 0.3 is 0 Å². The highest BCUT2D eigenvalue weighted by Gasteiger charge is 2.32. The lowest BCUT2D eigenvalue weighted by Gasteiger charge is -2.45. The van der Waals surface area contributed by atoms with Crippen LogP contribution in [0.4, 0.5) is 5.82 Å². The zero-order chi connectivity index (χ0) is 17.9. The van der Waals surface area contributed by atoms with Gasteiger partial charge in [-0.15, -0.1) is 0 Å². The van der Waals surface area contributed by atoms with Crippen LogP contribution in [0.1, 0.15) is 24.2 Å². The molecule has 1 aromatic rings. The van der Waals surface area contributed by atoms with Gasteiger partial charge in [0.25, 0.3) is 5.91 Å². The summed E-state index contributed by atoms with van der Waals surface area (Å²) in [5.74, 6) is 0.815. The number of hydrogen-bond donors (Lipinski definition) is 0. The first kappa shape index (κ1) is 18.7. The Balaban J connectivity index is 2.11. The van der Waals surface area contributed by atoms with Crippen molar-refractivity contribution in [1.82, 2.24) is 19.7 Å². The topological polar surface area (TPSA) is 42.9 Å². The van der Waals surface area contributed by atoms with Crippen molar-refractivity contribution in [1.29, 1.82) is 0 Å². The first-order valence-electron chi connectivity index (χ1n) is 8.63. The number of anilines is 1. The van der Waals surface area contributed by atoms with Gasteiger partial charge in [-0.05, 0) is 40.1 Å². The van der Waals surface area contributed by atoms with Crippen molar-refractivity contribution in [3.63, 3.8) is 0 Å². The summed E-state index contributed by atoms with van der Waals surface area (Å²) in [6.45, 7) is 8.02. The number of carbonyl (C=O) groups excluding carboxylic acids is 1. The van der Waals surface area contributed by atoms with E-state index in [0.717, 1.165) is 32.0 Å². The Morgan fingerprint density at radius 2 is 1.83 bits per heavy atom. The van der Waals surface area contributed by atoms with Gasteiger partial charge in [0.15, 0.2) is 0 Å². The van der Waals surface area contributed by atoms with Crippen molar-refractivity contribution in [2.75, 3.05) is 59.3 Å². The van der Waals surface area contributed by atoms with Gasteiger partial charge in [0.1, 0.15) is 5.82 Å². The van der Waals surface area contributed by atoms with Crippen LogP contribution >= 0.6 is 0 Å². The number of likely N-dealkylation sites (N-methyl/N-ethyl adjacent to an activating group) is 1. The Morgan fingerprint density at radius 3 is 2.38 bits per heavy atom. The van der Waals surface area contributed by atoms with Crippen LogP contribution in [-0.4, -0.2) is 92.0 Å². The Bertz CT molecular complexity index is 548. The lowest BCUT2D eigenvalue weighted by Crippen LogP contribution is -2.59. The summed E-state index contributed by atoms with van der Waals surface area (Å²) in [6.07, 6.45) is 1.73. The van der Waals surface area contributed by atoms with E-state index in [0.29, 0.717) is 17.6 Å². The zero-order valence-corrected chi connectivity index (χ0v) is 15.9. The minimum absolute atomic E-state index is 0.0813. The number of pyridine rings is 1. The lowest BCUT2D eigenvalue weighted by atomic mass is 10.1. The molecule has 0 aliphatic carbocycles. The van der Waals surface area contributed by atoms with Crippen LogP contribution in [0.2, 0.25) is 0 Å². The van der Waals surface area contributed by atoms with Crippen LogP contribution in [0, 0.1) is 0 Å². The van der Waals surface area contributed by atoms with Gasteiger partial charge in [-0.3, -0.25) is 9.69 Å². The number of amides is 1. The summed E-state index contributed by atoms with van der Waals surface area (Å²) in [7, 11) is 8.04. The summed E-state index contributed by atoms with van der Waals surface area (Å²) >= 11 is 0. The first-order valence-corrected chi connectivity index (χ1v) is 8.63. The largest absolute Gasteiger partial charge is 0.362 e. The maximum absolute atomic E-state index is 13.0. The highest BCUT2D eigenvalue weighted by atomic mass is 16.2. The molecule has 1 aliphatic heterocycles. The molecule has 2 unspecified atom stereocenters. The summed E-state index contributed by atoms with van der Waals surface area (Å²) in [6, 6.07) is 4.42. The van der Waals surface area contributed by atoms with E-state index in [2.05, 4.69) is 42.7 Å². The molecular weight excluding hydrogens is 302 g/mol. The van der Waals surface area contributed by atoms with E-state index in [1.54, 1.807) is 6.20 Å². The molecule has 0 bridgehead atoms. The molecule has 6 heteroatoms. The molecule has 1 aliphatic rings. The van der Waals surface area contributed by atoms with Gasteiger partial charge in [-0.2, -0.15) is 0 Å². The predicted octanol–water partition coefficient (Wildman–Crippen LogP) is 1.24. The van der Waals surface area contributed by atoms with Crippen molar-refractivity contribution < 1.29 is 4.79 Å². The fraction of sp³-hybridized carbons (Fsp3) is 0.667. The highest BCUT2D eigenvalue weighted by Crippen LogP contribution is 2.21. The molecule has 0 N–H and O–H groups in total. The van der Waals surface area contributed by atoms with Gasteiger partial charge in [-0.1, -0.05) is 0 Å². The number of hydrogen-bond acceptors (Lipinski definition) is 5. The molecule has 1 saturated heterocycles. The van der Waals surface area contributed by atoms with Crippen LogP contribution in [0.15, 0.2) is 18.3 Å². The number of rotatable bonds is 5. The van der Waals surface area contributed by atoms with E-state index in [9.17, 15) is 4.79 Å². The normalized spacial score (nSPS) is 22.0. The molecule has 1 fully saturated rings. The first-order chi connectivity index (χ1) is 11.3. The van der Waals surface area contributed by atoms with Gasteiger partial charge in [0, 0.05) is 58.6 Å². The molecule has 0 radical (unpaired) electrons. The SMILES string of the molecule is CC1CN(C(=O)c2cccnc2N(C)C)CC(C)N1CCN(C)C. The second kappa shape index (κ2) is 7.94. The zero-order valence-electron chi connectivity index (χ0n) is 15.9. The van der Waals surface area contributed by atoms with Gasteiger partial charge in [0.2, 0.25) is 0 Å². The van der Waals surface area contributed by atoms with Crippen molar-refractivity contribution >= 4 is 11.7 Å². The Morgan fingerprint density at radius 1 is 1.21 bits per heavy atom. The van der Waals surface area contributed by atoms with Gasteiger partial charge < -0.3 is 14.7 Å². The maximum atomic E-state index is 13.0. The summed E-state index contributed by atoms with van der Waals surface area (Å²) < 4.78 is 0. The van der Waals surface area contributed by atoms with Crippen molar-refractivity contribution in [2.45, 2.75) is 25.9 Å². The number of aromatic nitrogens is 1. The fourth-order valence-electron chi connectivity index (χ4n) is 3.37. The van der Waals surface area contributed by atoms with E-state index in [1.807, 2.05) is 36.0 Å². The quantitative estimate of drug-likeness (QED) is 0.811. The average Bonchev–Trinajstić information content (AvgIpc) is 2.52. The molecule has 134 valence electrons. The molecule has 6 nitrogen and oxygen atoms in total. The molecule has 1 aromatic heterocycles. The molecule has 0 saturated carbocycles. The van der Waals surface area contributed by atoms with Crippen LogP contribution < -0.4 is 4.90 Å². The standard InChI is InChI=1S/C18H31N5O/c1-14-12-22(13-15(2)23(14)11-10-20(3)4)18(24)16-8-7-9-19-17(16)21(5)6/h7-9,14-15H,10-13H2,1-6H3. The van der Waals surface area contributed by atoms with Gasteiger partial charge in [-0.25, -0.2) is 4.98 Å². The number of piperazine rings is 1. The third kappa shape index (κ3) is 4.24. The highest BCUT2D eigenvalue weighted by molar-refractivity contribution is 5.99. The number of carbonyl (C=O) groups is 1. The number of nitrogens with zero attached hydrogens (tertiary/aromatic N) is 5. The Hall–Kier alpha value is -1.66. The van der Waals surface area contributed by atoms with Crippen LogP contribution in [0.3, 0.4) is 0 Å². The third-order valence-electron chi connectivity index (χ3n) is 4.63. The Kier molecular flexibility index (Phi) is 6.18. The van der Waals surface area contributed by atoms with E-state index >= 15 is 0 Å². The van der Waals surface area contributed by atoms with Crippen LogP contribution in [0.25, 0.3) is 0 Å². The van der Waals surface area contributed by atoms with Gasteiger partial charge in [0.05, 0.1) is 5.56 Å². The molecular formula is C18H31N5O. The predicted molar refractivity (Wildman–Crippen MR) is 98.7 cm³/mol. The van der Waals surface area contributed by atoms with Crippen molar-refractivity contribution in [3.8, 4) is 0 Å². The lowest BCUT2D eigenvalue weighted by molar-refractivity contribution is 0.0283. The van der Waals surface area contributed by atoms with Crippen molar-refractivity contribution in [2.24, 2.45) is 0 Å². The third-order valence-corrected chi connectivity index (χ3v) is 4.63. The summed E-state index contributed by atoms with van der Waals surface area (Å²) in [5, 5.41) is 0. The molecule has 1 amide bonds. The molecule has 24 heavy (non-hydrogen) atoms. The van der Waals surface area contributed by atoms with E-state index in [4.69, 9.17) is 0 Å². The minimum Gasteiger partial charge on any atom is -0.362 e. The molecule has 2 heterocycles. The molecule has 0 aromatic carbocycles. The monoisotopic (exact) mass is 333 g/mol. The molecule has 2 rings (SSSR count). The van der Waals surface area contributed by atoms with Crippen LogP contribution in [0.5, 0.6) is 0 Å². The molecule has 0 spiro atoms. The molecule has 2 atom stereocenters. The average molecular weight is 333 g/mol. The van der Waals surface area contributed by atoms with Crippen LogP contribution in [-0.2, 0) is 0 Å². The fourth-order valence-corrected chi connectivity index (χ4v) is 3.37. The second-order valence-corrected chi connectivity index (χ2v) is 7.22.